The van der Waals surface area contributed by atoms with Crippen molar-refractivity contribution in [1.82, 2.24) is 4.90 Å². The molecule has 0 radical (unpaired) electrons. The molecule has 0 aliphatic heterocycles. The van der Waals surface area contributed by atoms with Gasteiger partial charge < -0.3 is 4.90 Å². The number of amides is 1. The van der Waals surface area contributed by atoms with Crippen molar-refractivity contribution in [2.24, 2.45) is 0 Å². The van der Waals surface area contributed by atoms with Gasteiger partial charge in [0.25, 0.3) is 0 Å². The molecule has 0 fully saturated rings. The first-order chi connectivity index (χ1) is 7.63. The number of carbonyl (C=O) groups excluding carboxylic acids is 1. The van der Waals surface area contributed by atoms with Crippen molar-refractivity contribution in [2.75, 3.05) is 7.05 Å². The molecule has 0 aliphatic rings. The number of hydrogen-bond donors (Lipinski definition) is 0. The zero-order chi connectivity index (χ0) is 12.0. The quantitative estimate of drug-likeness (QED) is 0.777. The second-order valence-electron chi connectivity index (χ2n) is 3.58. The lowest BCUT2D eigenvalue weighted by Gasteiger charge is -2.16. The second-order valence-corrected chi connectivity index (χ2v) is 4.50. The molecule has 2 nitrogen and oxygen atoms in total. The van der Waals surface area contributed by atoms with Crippen molar-refractivity contribution in [3.05, 3.63) is 34.3 Å². The Labute approximate surface area is 105 Å². The molecule has 84 valence electrons. The second kappa shape index (κ2) is 6.34. The maximum atomic E-state index is 11.6. The van der Waals surface area contributed by atoms with Crippen LogP contribution in [0.4, 0.5) is 0 Å². The molecule has 16 heavy (non-hydrogen) atoms. The standard InChI is InChI=1S/C13H14BrNO/c1-3-4-8-13(16)15(2)10-11-6-5-7-12(14)9-11/h1,5-7,9H,4,8,10H2,2H3. The molecule has 3 heteroatoms. The lowest BCUT2D eigenvalue weighted by atomic mass is 10.2. The van der Waals surface area contributed by atoms with Crippen molar-refractivity contribution in [1.29, 1.82) is 0 Å². The van der Waals surface area contributed by atoms with Gasteiger partial charge in [-0.1, -0.05) is 28.1 Å². The minimum Gasteiger partial charge on any atom is -0.341 e. The number of halogens is 1. The summed E-state index contributed by atoms with van der Waals surface area (Å²) < 4.78 is 1.02. The van der Waals surface area contributed by atoms with Crippen LogP contribution in [0.2, 0.25) is 0 Å². The van der Waals surface area contributed by atoms with Crippen LogP contribution in [0.3, 0.4) is 0 Å². The van der Waals surface area contributed by atoms with E-state index >= 15 is 0 Å². The van der Waals surface area contributed by atoms with Crippen LogP contribution in [-0.2, 0) is 11.3 Å². The van der Waals surface area contributed by atoms with E-state index in [1.54, 1.807) is 11.9 Å². The molecular formula is C13H14BrNO. The number of rotatable bonds is 4. The first kappa shape index (κ1) is 12.8. The Morgan fingerprint density at radius 1 is 1.56 bits per heavy atom. The molecule has 0 aromatic heterocycles. The number of terminal acetylenes is 1. The average Bonchev–Trinajstić information content (AvgIpc) is 2.25. The van der Waals surface area contributed by atoms with Gasteiger partial charge in [0.1, 0.15) is 0 Å². The smallest absolute Gasteiger partial charge is 0.223 e. The molecule has 0 unspecified atom stereocenters. The van der Waals surface area contributed by atoms with E-state index in [9.17, 15) is 4.79 Å². The molecule has 0 heterocycles. The van der Waals surface area contributed by atoms with Gasteiger partial charge in [-0.15, -0.1) is 12.3 Å². The van der Waals surface area contributed by atoms with Crippen LogP contribution < -0.4 is 0 Å². The number of hydrogen-bond acceptors (Lipinski definition) is 1. The molecular weight excluding hydrogens is 266 g/mol. The van der Waals surface area contributed by atoms with E-state index in [2.05, 4.69) is 21.9 Å². The van der Waals surface area contributed by atoms with E-state index in [-0.39, 0.29) is 5.91 Å². The van der Waals surface area contributed by atoms with Crippen molar-refractivity contribution in [2.45, 2.75) is 19.4 Å². The molecule has 0 N–H and O–H groups in total. The summed E-state index contributed by atoms with van der Waals surface area (Å²) in [5.41, 5.74) is 1.10. The van der Waals surface area contributed by atoms with Gasteiger partial charge in [0.05, 0.1) is 0 Å². The largest absolute Gasteiger partial charge is 0.341 e. The third-order valence-electron chi connectivity index (χ3n) is 2.22. The van der Waals surface area contributed by atoms with Gasteiger partial charge in [-0.05, 0) is 17.7 Å². The summed E-state index contributed by atoms with van der Waals surface area (Å²) in [6.45, 7) is 0.614. The highest BCUT2D eigenvalue weighted by Crippen LogP contribution is 2.13. The lowest BCUT2D eigenvalue weighted by molar-refractivity contribution is -0.130. The number of carbonyl (C=O) groups is 1. The molecule has 0 saturated carbocycles. The Balaban J connectivity index is 2.54. The first-order valence-electron chi connectivity index (χ1n) is 5.05. The van der Waals surface area contributed by atoms with Crippen LogP contribution >= 0.6 is 15.9 Å². The molecule has 1 rings (SSSR count). The highest BCUT2D eigenvalue weighted by molar-refractivity contribution is 9.10. The fourth-order valence-electron chi connectivity index (χ4n) is 1.37. The third-order valence-corrected chi connectivity index (χ3v) is 2.71. The van der Waals surface area contributed by atoms with Gasteiger partial charge in [-0.3, -0.25) is 4.79 Å². The fraction of sp³-hybridized carbons (Fsp3) is 0.308. The van der Waals surface area contributed by atoms with Crippen LogP contribution in [0.15, 0.2) is 28.7 Å². The monoisotopic (exact) mass is 279 g/mol. The van der Waals surface area contributed by atoms with Gasteiger partial charge in [0.2, 0.25) is 5.91 Å². The van der Waals surface area contributed by atoms with Crippen LogP contribution in [-0.4, -0.2) is 17.9 Å². The number of benzene rings is 1. The summed E-state index contributed by atoms with van der Waals surface area (Å²) in [6.07, 6.45) is 6.04. The van der Waals surface area contributed by atoms with Crippen LogP contribution in [0.1, 0.15) is 18.4 Å². The van der Waals surface area contributed by atoms with Crippen LogP contribution in [0.25, 0.3) is 0 Å². The van der Waals surface area contributed by atoms with Crippen LogP contribution in [0, 0.1) is 12.3 Å². The predicted octanol–water partition coefficient (Wildman–Crippen LogP) is 2.82. The molecule has 0 saturated heterocycles. The van der Waals surface area contributed by atoms with E-state index < -0.39 is 0 Å². The van der Waals surface area contributed by atoms with Crippen molar-refractivity contribution in [3.8, 4) is 12.3 Å². The van der Waals surface area contributed by atoms with E-state index in [1.807, 2.05) is 24.3 Å². The molecule has 0 aliphatic carbocycles. The third kappa shape index (κ3) is 4.08. The van der Waals surface area contributed by atoms with Crippen molar-refractivity contribution < 1.29 is 4.79 Å². The Morgan fingerprint density at radius 3 is 2.94 bits per heavy atom. The van der Waals surface area contributed by atoms with E-state index in [1.165, 1.54) is 0 Å². The topological polar surface area (TPSA) is 20.3 Å². The lowest BCUT2D eigenvalue weighted by Crippen LogP contribution is -2.25. The number of nitrogens with zero attached hydrogens (tertiary/aromatic N) is 1. The molecule has 1 amide bonds. The SMILES string of the molecule is C#CCCC(=O)N(C)Cc1cccc(Br)c1. The minimum atomic E-state index is 0.0814. The minimum absolute atomic E-state index is 0.0814. The van der Waals surface area contributed by atoms with E-state index in [0.29, 0.717) is 19.4 Å². The Kier molecular flexibility index (Phi) is 5.07. The highest BCUT2D eigenvalue weighted by Gasteiger charge is 2.08. The van der Waals surface area contributed by atoms with Gasteiger partial charge in [0, 0.05) is 30.9 Å². The highest BCUT2D eigenvalue weighted by atomic mass is 79.9. The van der Waals surface area contributed by atoms with Crippen LogP contribution in [0.5, 0.6) is 0 Å². The van der Waals surface area contributed by atoms with E-state index in [0.717, 1.165) is 10.0 Å². The molecule has 1 aromatic carbocycles. The normalized spacial score (nSPS) is 9.56. The average molecular weight is 280 g/mol. The Bertz CT molecular complexity index is 409. The summed E-state index contributed by atoms with van der Waals surface area (Å²) in [4.78, 5) is 13.3. The summed E-state index contributed by atoms with van der Waals surface area (Å²) in [7, 11) is 1.79. The van der Waals surface area contributed by atoms with Gasteiger partial charge in [0.15, 0.2) is 0 Å². The van der Waals surface area contributed by atoms with Gasteiger partial charge in [-0.2, -0.15) is 0 Å². The Morgan fingerprint density at radius 2 is 2.31 bits per heavy atom. The molecule has 1 aromatic rings. The van der Waals surface area contributed by atoms with Crippen molar-refractivity contribution in [3.63, 3.8) is 0 Å². The maximum absolute atomic E-state index is 11.6. The van der Waals surface area contributed by atoms with Crippen molar-refractivity contribution >= 4 is 21.8 Å². The maximum Gasteiger partial charge on any atom is 0.223 e. The zero-order valence-electron chi connectivity index (χ0n) is 9.24. The molecule has 0 atom stereocenters. The Hall–Kier alpha value is -1.27. The molecule has 0 bridgehead atoms. The van der Waals surface area contributed by atoms with Gasteiger partial charge in [-0.25, -0.2) is 0 Å². The van der Waals surface area contributed by atoms with Gasteiger partial charge >= 0.3 is 0 Å². The summed E-state index contributed by atoms with van der Waals surface area (Å²) >= 11 is 3.40. The summed E-state index contributed by atoms with van der Waals surface area (Å²) in [5.74, 6) is 2.55. The summed E-state index contributed by atoms with van der Waals surface area (Å²) in [5, 5.41) is 0. The predicted molar refractivity (Wildman–Crippen MR) is 68.7 cm³/mol. The molecule has 0 spiro atoms. The van der Waals surface area contributed by atoms with E-state index in [4.69, 9.17) is 6.42 Å². The fourth-order valence-corrected chi connectivity index (χ4v) is 1.81. The summed E-state index contributed by atoms with van der Waals surface area (Å²) in [6, 6.07) is 7.92. The first-order valence-corrected chi connectivity index (χ1v) is 5.84. The zero-order valence-corrected chi connectivity index (χ0v) is 10.8.